The van der Waals surface area contributed by atoms with E-state index in [0.29, 0.717) is 0 Å². The van der Waals surface area contributed by atoms with Crippen molar-refractivity contribution in [3.8, 4) is 0 Å². The molecule has 0 aliphatic heterocycles. The zero-order valence-electron chi connectivity index (χ0n) is 6.51. The normalized spacial score (nSPS) is 8.70. The predicted molar refractivity (Wildman–Crippen MR) is 24.2 cm³/mol. The predicted octanol–water partition coefficient (Wildman–Crippen LogP) is -7.28. The van der Waals surface area contributed by atoms with E-state index in [9.17, 15) is 10.2 Å². The topological polar surface area (TPSA) is 55.3 Å². The Hall–Kier alpha value is 0.0748. The van der Waals surface area contributed by atoms with Gasteiger partial charge in [0.1, 0.15) is 0 Å². The van der Waals surface area contributed by atoms with Crippen molar-refractivity contribution in [3.63, 3.8) is 0 Å². The van der Waals surface area contributed by atoms with E-state index >= 15 is 0 Å². The molecule has 0 aliphatic rings. The van der Waals surface area contributed by atoms with Gasteiger partial charge >= 0.3 is 37.7 Å². The smallest absolute Gasteiger partial charge is 0.873 e. The second-order valence-corrected chi connectivity index (χ2v) is 1.13. The van der Waals surface area contributed by atoms with E-state index in [4.69, 9.17) is 0 Å². The summed E-state index contributed by atoms with van der Waals surface area (Å²) in [6, 6.07) is 0. The van der Waals surface area contributed by atoms with Gasteiger partial charge in [-0.25, -0.2) is 0 Å². The molecule has 5 heteroatoms. The minimum absolute atomic E-state index is 0. The average Bonchev–Trinajstić information content (AvgIpc) is 1.65. The van der Waals surface area contributed by atoms with E-state index in [1.54, 1.807) is 0 Å². The maximum Gasteiger partial charge on any atom is 1.00 e. The second-order valence-electron chi connectivity index (χ2n) is 1.13. The van der Waals surface area contributed by atoms with Gasteiger partial charge in [0.05, 0.1) is 5.95 Å². The Morgan fingerprint density at radius 3 is 1.90 bits per heavy atom. The van der Waals surface area contributed by atoms with Crippen LogP contribution < -0.4 is 47.9 Å². The van der Waals surface area contributed by atoms with Crippen molar-refractivity contribution >= 4 is 0 Å². The molecule has 0 aromatic heterocycles. The largest absolute Gasteiger partial charge is 1.00 e. The molecule has 0 atom stereocenters. The minimum atomic E-state index is -0.662. The average molecular weight is 128 g/mol. The summed E-state index contributed by atoms with van der Waals surface area (Å²) < 4.78 is 4.11. The van der Waals surface area contributed by atoms with Crippen molar-refractivity contribution in [2.45, 2.75) is 0 Å². The molecule has 0 bridgehead atoms. The molecule has 0 aromatic rings. The monoisotopic (exact) mass is 128 g/mol. The van der Waals surface area contributed by atoms with E-state index in [2.05, 4.69) is 11.3 Å². The molecule has 0 aliphatic carbocycles. The summed E-state index contributed by atoms with van der Waals surface area (Å²) in [6.07, 6.45) is 0.778. The molecule has 0 heterocycles. The molecule has 0 fully saturated rings. The van der Waals surface area contributed by atoms with Crippen LogP contribution in [0.2, 0.25) is 0 Å². The molecule has 0 aromatic carbocycles. The second kappa shape index (κ2) is 9.07. The molecule has 46 valence electrons. The Kier molecular flexibility index (Phi) is 15.0. The third-order valence-corrected chi connectivity index (χ3v) is 0.480. The fourth-order valence-electron chi connectivity index (χ4n) is 0.190. The first-order chi connectivity index (χ1) is 3.66. The van der Waals surface area contributed by atoms with Crippen molar-refractivity contribution in [2.75, 3.05) is 7.11 Å². The zero-order valence-corrected chi connectivity index (χ0v) is 6.51. The maximum atomic E-state index is 10.1. The Balaban J connectivity index is -0.000000245. The van der Waals surface area contributed by atoms with Crippen LogP contribution in [0.15, 0.2) is 24.4 Å². The summed E-state index contributed by atoms with van der Waals surface area (Å²) in [5.74, 6) is -1.21. The van der Waals surface area contributed by atoms with Crippen LogP contribution in [0.3, 0.4) is 0 Å². The van der Waals surface area contributed by atoms with Crippen LogP contribution in [0.25, 0.3) is 0 Å². The first kappa shape index (κ1) is 16.6. The number of allylic oxidation sites excluding steroid dienone is 1. The Morgan fingerprint density at radius 2 is 1.80 bits per heavy atom. The Morgan fingerprint density at radius 1 is 1.40 bits per heavy atom. The van der Waals surface area contributed by atoms with E-state index in [0.717, 1.165) is 6.08 Å². The molecular formula is C5H6Li2O3. The third-order valence-electron chi connectivity index (χ3n) is 0.480. The number of ether oxygens (including phenoxy) is 1. The van der Waals surface area contributed by atoms with Gasteiger partial charge in [0.15, 0.2) is 0 Å². The summed E-state index contributed by atoms with van der Waals surface area (Å²) in [6.45, 7) is 2.93. The minimum Gasteiger partial charge on any atom is -0.873 e. The molecule has 0 radical (unpaired) electrons. The Labute approximate surface area is 84.1 Å². The molecule has 0 saturated heterocycles. The summed E-state index contributed by atoms with van der Waals surface area (Å²) in [7, 11) is 1.20. The first-order valence-corrected chi connectivity index (χ1v) is 1.95. The number of rotatable bonds is 2. The fraction of sp³-hybridized carbons (Fsp3) is 0.200. The van der Waals surface area contributed by atoms with Gasteiger partial charge < -0.3 is 14.9 Å². The van der Waals surface area contributed by atoms with E-state index < -0.39 is 11.7 Å². The Bertz CT molecular complexity index is 122. The summed E-state index contributed by atoms with van der Waals surface area (Å²) in [5.41, 5.74) is 0. The molecule has 0 rings (SSSR count). The SMILES string of the molecule is C=C([O-])C=C([O-])OC.[Li+].[Li+]. The van der Waals surface area contributed by atoms with Crippen LogP contribution in [0, 0.1) is 0 Å². The van der Waals surface area contributed by atoms with Crippen LogP contribution in [-0.2, 0) is 4.74 Å². The zero-order chi connectivity index (χ0) is 6.57. The standard InChI is InChI=1S/C5H8O3.2Li/c1-4(6)3-5(7)8-2;;/h3,6-7H,1H2,2H3;;/q;2*+1/p-2. The molecule has 0 spiro atoms. The molecule has 0 saturated carbocycles. The van der Waals surface area contributed by atoms with Gasteiger partial charge in [0, 0.05) is 0 Å². The van der Waals surface area contributed by atoms with Crippen LogP contribution in [0.1, 0.15) is 0 Å². The van der Waals surface area contributed by atoms with Gasteiger partial charge in [-0.15, -0.1) is 12.3 Å². The molecule has 10 heavy (non-hydrogen) atoms. The molecule has 3 nitrogen and oxygen atoms in total. The summed E-state index contributed by atoms with van der Waals surface area (Å²) in [4.78, 5) is 0. The van der Waals surface area contributed by atoms with E-state index in [1.165, 1.54) is 7.11 Å². The van der Waals surface area contributed by atoms with Crippen LogP contribution in [-0.4, -0.2) is 7.11 Å². The van der Waals surface area contributed by atoms with Gasteiger partial charge in [-0.05, 0) is 13.2 Å². The van der Waals surface area contributed by atoms with E-state index in [-0.39, 0.29) is 37.7 Å². The molecular weight excluding hydrogens is 122 g/mol. The van der Waals surface area contributed by atoms with Crippen molar-refractivity contribution in [1.29, 1.82) is 0 Å². The molecule has 0 unspecified atom stereocenters. The van der Waals surface area contributed by atoms with Gasteiger partial charge in [-0.2, -0.15) is 0 Å². The van der Waals surface area contributed by atoms with Gasteiger partial charge in [-0.3, -0.25) is 0 Å². The first-order valence-electron chi connectivity index (χ1n) is 1.95. The molecule has 0 N–H and O–H groups in total. The van der Waals surface area contributed by atoms with Crippen LogP contribution in [0.4, 0.5) is 0 Å². The van der Waals surface area contributed by atoms with Gasteiger partial charge in [-0.1, -0.05) is 0 Å². The van der Waals surface area contributed by atoms with E-state index in [1.807, 2.05) is 0 Å². The van der Waals surface area contributed by atoms with Crippen molar-refractivity contribution in [3.05, 3.63) is 24.4 Å². The summed E-state index contributed by atoms with van der Waals surface area (Å²) >= 11 is 0. The van der Waals surface area contributed by atoms with Crippen LogP contribution >= 0.6 is 0 Å². The third kappa shape index (κ3) is 11.0. The number of hydrogen-bond donors (Lipinski definition) is 0. The quantitative estimate of drug-likeness (QED) is 0.211. The summed E-state index contributed by atoms with van der Waals surface area (Å²) in [5, 5.41) is 20.0. The van der Waals surface area contributed by atoms with Crippen molar-refractivity contribution in [1.82, 2.24) is 0 Å². The van der Waals surface area contributed by atoms with Gasteiger partial charge in [0.2, 0.25) is 0 Å². The van der Waals surface area contributed by atoms with Crippen LogP contribution in [0.5, 0.6) is 0 Å². The van der Waals surface area contributed by atoms with Crippen molar-refractivity contribution < 1.29 is 52.7 Å². The van der Waals surface area contributed by atoms with Gasteiger partial charge in [0.25, 0.3) is 0 Å². The number of methoxy groups -OCH3 is 1. The molecule has 0 amide bonds. The van der Waals surface area contributed by atoms with Crippen molar-refractivity contribution in [2.24, 2.45) is 0 Å². The number of hydrogen-bond acceptors (Lipinski definition) is 3. The maximum absolute atomic E-state index is 10.1. The fourth-order valence-corrected chi connectivity index (χ4v) is 0.190.